The maximum Gasteiger partial charge on any atom is 0.231 e. The van der Waals surface area contributed by atoms with Crippen molar-refractivity contribution < 1.29 is 19.0 Å². The van der Waals surface area contributed by atoms with Crippen LogP contribution in [0.4, 0.5) is 0 Å². The van der Waals surface area contributed by atoms with E-state index < -0.39 is 0 Å². The van der Waals surface area contributed by atoms with Crippen molar-refractivity contribution in [2.45, 2.75) is 30.6 Å². The first-order valence-electron chi connectivity index (χ1n) is 10.6. The fourth-order valence-corrected chi connectivity index (χ4v) is 4.54. The molecule has 2 aromatic carbocycles. The molecule has 1 aromatic heterocycles. The van der Waals surface area contributed by atoms with Crippen molar-refractivity contribution in [3.8, 4) is 22.9 Å². The van der Waals surface area contributed by atoms with Gasteiger partial charge in [0, 0.05) is 18.7 Å². The zero-order chi connectivity index (χ0) is 21.8. The first-order chi connectivity index (χ1) is 15.8. The number of benzene rings is 2. The summed E-state index contributed by atoms with van der Waals surface area (Å²) in [5.74, 6) is 2.47. The lowest BCUT2D eigenvalue weighted by molar-refractivity contribution is -0.119. The molecule has 3 heterocycles. The number of ether oxygens (including phenoxy) is 3. The fraction of sp³-hybridized carbons (Fsp3) is 0.348. The number of carbonyl (C=O) groups excluding carboxylic acids is 1. The molecule has 1 amide bonds. The van der Waals surface area contributed by atoms with Crippen molar-refractivity contribution in [1.82, 2.24) is 20.1 Å². The van der Waals surface area contributed by atoms with Crippen molar-refractivity contribution in [2.75, 3.05) is 25.7 Å². The third-order valence-electron chi connectivity index (χ3n) is 5.41. The topological polar surface area (TPSA) is 87.5 Å². The maximum absolute atomic E-state index is 12.4. The molecule has 2 aliphatic rings. The second kappa shape index (κ2) is 9.62. The molecule has 1 fully saturated rings. The summed E-state index contributed by atoms with van der Waals surface area (Å²) in [6.07, 6.45) is 2.18. The molecule has 3 aromatic rings. The Labute approximate surface area is 190 Å². The monoisotopic (exact) mass is 452 g/mol. The Balaban J connectivity index is 1.32. The molecule has 5 rings (SSSR count). The number of carbonyl (C=O) groups is 1. The van der Waals surface area contributed by atoms with Crippen LogP contribution in [-0.4, -0.2) is 52.5 Å². The molecule has 9 heteroatoms. The average Bonchev–Trinajstić information content (AvgIpc) is 3.58. The van der Waals surface area contributed by atoms with Crippen LogP contribution in [0.5, 0.6) is 11.5 Å². The molecule has 8 nitrogen and oxygen atoms in total. The van der Waals surface area contributed by atoms with E-state index in [-0.39, 0.29) is 24.6 Å². The van der Waals surface area contributed by atoms with E-state index in [0.717, 1.165) is 47.9 Å². The van der Waals surface area contributed by atoms with Gasteiger partial charge in [-0.1, -0.05) is 48.2 Å². The van der Waals surface area contributed by atoms with Gasteiger partial charge in [-0.15, -0.1) is 10.2 Å². The number of thioether (sulfide) groups is 1. The molecule has 0 aliphatic carbocycles. The van der Waals surface area contributed by atoms with Gasteiger partial charge in [-0.05, 0) is 30.5 Å². The molecular formula is C23H24N4O4S. The van der Waals surface area contributed by atoms with Gasteiger partial charge in [-0.3, -0.25) is 9.36 Å². The van der Waals surface area contributed by atoms with Crippen molar-refractivity contribution in [1.29, 1.82) is 0 Å². The van der Waals surface area contributed by atoms with Crippen LogP contribution in [-0.2, 0) is 16.1 Å². The summed E-state index contributed by atoms with van der Waals surface area (Å²) in [5, 5.41) is 12.5. The second-order valence-corrected chi connectivity index (χ2v) is 8.62. The molecule has 32 heavy (non-hydrogen) atoms. The number of nitrogens with zero attached hydrogens (tertiary/aromatic N) is 3. The predicted molar refractivity (Wildman–Crippen MR) is 120 cm³/mol. The van der Waals surface area contributed by atoms with Gasteiger partial charge < -0.3 is 19.5 Å². The molecule has 1 atom stereocenters. The lowest BCUT2D eigenvalue weighted by atomic mass is 10.2. The van der Waals surface area contributed by atoms with Crippen LogP contribution < -0.4 is 14.8 Å². The SMILES string of the molecule is O=C(CSc1nnc(-c2ccccc2)n1Cc1ccc2c(c1)OCO2)NC[C@H]1CCCO1. The van der Waals surface area contributed by atoms with Gasteiger partial charge in [-0.2, -0.15) is 0 Å². The highest BCUT2D eigenvalue weighted by Crippen LogP contribution is 2.33. The predicted octanol–water partition coefficient (Wildman–Crippen LogP) is 3.11. The van der Waals surface area contributed by atoms with E-state index in [1.165, 1.54) is 11.8 Å². The van der Waals surface area contributed by atoms with Crippen LogP contribution in [0.2, 0.25) is 0 Å². The molecule has 2 aliphatic heterocycles. The number of rotatable bonds is 8. The summed E-state index contributed by atoms with van der Waals surface area (Å²) < 4.78 is 18.5. The van der Waals surface area contributed by atoms with Crippen molar-refractivity contribution in [2.24, 2.45) is 0 Å². The highest BCUT2D eigenvalue weighted by molar-refractivity contribution is 7.99. The number of amides is 1. The van der Waals surface area contributed by atoms with Gasteiger partial charge in [-0.25, -0.2) is 0 Å². The van der Waals surface area contributed by atoms with Gasteiger partial charge in [0.1, 0.15) is 0 Å². The summed E-state index contributed by atoms with van der Waals surface area (Å²) in [7, 11) is 0. The van der Waals surface area contributed by atoms with Crippen molar-refractivity contribution in [3.63, 3.8) is 0 Å². The molecule has 0 radical (unpaired) electrons. The summed E-state index contributed by atoms with van der Waals surface area (Å²) in [5.41, 5.74) is 2.01. The maximum atomic E-state index is 12.4. The van der Waals surface area contributed by atoms with Crippen molar-refractivity contribution >= 4 is 17.7 Å². The second-order valence-electron chi connectivity index (χ2n) is 7.67. The minimum Gasteiger partial charge on any atom is -0.454 e. The summed E-state index contributed by atoms with van der Waals surface area (Å²) in [4.78, 5) is 12.4. The number of hydrogen-bond acceptors (Lipinski definition) is 7. The van der Waals surface area contributed by atoms with E-state index in [9.17, 15) is 4.79 Å². The van der Waals surface area contributed by atoms with E-state index in [0.29, 0.717) is 18.2 Å². The lowest BCUT2D eigenvalue weighted by Gasteiger charge is -2.12. The van der Waals surface area contributed by atoms with E-state index in [1.807, 2.05) is 53.1 Å². The Hall–Kier alpha value is -3.04. The molecule has 0 bridgehead atoms. The molecular weight excluding hydrogens is 428 g/mol. The number of nitrogens with one attached hydrogen (secondary N) is 1. The number of aromatic nitrogens is 3. The summed E-state index contributed by atoms with van der Waals surface area (Å²) in [6.45, 7) is 2.12. The van der Waals surface area contributed by atoms with E-state index in [1.54, 1.807) is 0 Å². The standard InChI is InChI=1S/C23H24N4O4S/c28-21(24-12-18-7-4-10-29-18)14-32-23-26-25-22(17-5-2-1-3-6-17)27(23)13-16-8-9-19-20(11-16)31-15-30-19/h1-3,5-6,8-9,11,18H,4,7,10,12-15H2,(H,24,28)/t18-/m1/s1. The van der Waals surface area contributed by atoms with Crippen LogP contribution in [0.15, 0.2) is 53.7 Å². The third kappa shape index (κ3) is 4.73. The molecule has 1 N–H and O–H groups in total. The number of hydrogen-bond donors (Lipinski definition) is 1. The Morgan fingerprint density at radius 1 is 1.12 bits per heavy atom. The minimum absolute atomic E-state index is 0.0376. The largest absolute Gasteiger partial charge is 0.454 e. The fourth-order valence-electron chi connectivity index (χ4n) is 3.77. The first kappa shape index (κ1) is 20.8. The lowest BCUT2D eigenvalue weighted by Crippen LogP contribution is -2.32. The zero-order valence-corrected chi connectivity index (χ0v) is 18.3. The third-order valence-corrected chi connectivity index (χ3v) is 6.38. The average molecular weight is 453 g/mol. The van der Waals surface area contributed by atoms with E-state index in [4.69, 9.17) is 14.2 Å². The van der Waals surface area contributed by atoms with Crippen LogP contribution >= 0.6 is 11.8 Å². The molecule has 166 valence electrons. The van der Waals surface area contributed by atoms with E-state index >= 15 is 0 Å². The quantitative estimate of drug-likeness (QED) is 0.526. The zero-order valence-electron chi connectivity index (χ0n) is 17.5. The van der Waals surface area contributed by atoms with Gasteiger partial charge in [0.2, 0.25) is 12.7 Å². The summed E-state index contributed by atoms with van der Waals surface area (Å²) >= 11 is 1.38. The first-order valence-corrected chi connectivity index (χ1v) is 11.6. The Morgan fingerprint density at radius 3 is 2.84 bits per heavy atom. The van der Waals surface area contributed by atoms with Gasteiger partial charge in [0.25, 0.3) is 0 Å². The normalized spacial score (nSPS) is 16.9. The molecule has 0 saturated carbocycles. The Kier molecular flexibility index (Phi) is 6.27. The van der Waals surface area contributed by atoms with Gasteiger partial charge in [0.05, 0.1) is 18.4 Å². The Bertz CT molecular complexity index is 1080. The Morgan fingerprint density at radius 2 is 2.00 bits per heavy atom. The van der Waals surface area contributed by atoms with Crippen LogP contribution in [0.3, 0.4) is 0 Å². The highest BCUT2D eigenvalue weighted by atomic mass is 32.2. The molecule has 0 unspecified atom stereocenters. The molecule has 0 spiro atoms. The van der Waals surface area contributed by atoms with Gasteiger partial charge >= 0.3 is 0 Å². The smallest absolute Gasteiger partial charge is 0.231 e. The summed E-state index contributed by atoms with van der Waals surface area (Å²) in [6, 6.07) is 15.8. The minimum atomic E-state index is -0.0376. The van der Waals surface area contributed by atoms with Crippen molar-refractivity contribution in [3.05, 3.63) is 54.1 Å². The van der Waals surface area contributed by atoms with Crippen LogP contribution in [0.25, 0.3) is 11.4 Å². The highest BCUT2D eigenvalue weighted by Gasteiger charge is 2.20. The number of fused-ring (bicyclic) bond motifs is 1. The molecule has 1 saturated heterocycles. The van der Waals surface area contributed by atoms with Gasteiger partial charge in [0.15, 0.2) is 22.5 Å². The van der Waals surface area contributed by atoms with E-state index in [2.05, 4.69) is 15.5 Å². The van der Waals surface area contributed by atoms with Crippen LogP contribution in [0, 0.1) is 0 Å². The van der Waals surface area contributed by atoms with Crippen LogP contribution in [0.1, 0.15) is 18.4 Å².